The van der Waals surface area contributed by atoms with Crippen molar-refractivity contribution in [2.24, 2.45) is 0 Å². The van der Waals surface area contributed by atoms with Crippen molar-refractivity contribution in [2.75, 3.05) is 0 Å². The van der Waals surface area contributed by atoms with Crippen LogP contribution in [0.5, 0.6) is 0 Å². The fraction of sp³-hybridized carbons (Fsp3) is 0.0833. The Hall–Kier alpha value is -2.13. The minimum absolute atomic E-state index is 0.104. The standard InChI is InChI=1S/C12H8BrN3O2/c1-7-2-9(13)4-10(3-7)16-6-8(5-14)11(17)15-12(16)18/h2-4,6H,1H3,(H,15,17,18). The molecule has 0 unspecified atom stereocenters. The maximum Gasteiger partial charge on any atom is 0.332 e. The maximum absolute atomic E-state index is 11.7. The fourth-order valence-electron chi connectivity index (χ4n) is 1.60. The average Bonchev–Trinajstić information content (AvgIpc) is 2.27. The second-order valence-electron chi connectivity index (χ2n) is 3.77. The van der Waals surface area contributed by atoms with Gasteiger partial charge in [0.05, 0.1) is 5.69 Å². The monoisotopic (exact) mass is 305 g/mol. The van der Waals surface area contributed by atoms with Crippen LogP contribution < -0.4 is 11.2 Å². The third-order valence-electron chi connectivity index (χ3n) is 2.37. The van der Waals surface area contributed by atoms with Crippen molar-refractivity contribution in [1.29, 1.82) is 5.26 Å². The van der Waals surface area contributed by atoms with E-state index in [0.29, 0.717) is 5.69 Å². The van der Waals surface area contributed by atoms with E-state index in [1.165, 1.54) is 10.8 Å². The van der Waals surface area contributed by atoms with E-state index in [9.17, 15) is 9.59 Å². The van der Waals surface area contributed by atoms with Gasteiger partial charge in [-0.25, -0.2) is 4.79 Å². The second-order valence-corrected chi connectivity index (χ2v) is 4.69. The largest absolute Gasteiger partial charge is 0.332 e. The minimum atomic E-state index is -0.675. The summed E-state index contributed by atoms with van der Waals surface area (Å²) in [5, 5.41) is 8.80. The van der Waals surface area contributed by atoms with E-state index in [2.05, 4.69) is 20.9 Å². The van der Waals surface area contributed by atoms with Gasteiger partial charge in [-0.15, -0.1) is 0 Å². The number of aromatic nitrogens is 2. The van der Waals surface area contributed by atoms with Crippen LogP contribution in [0.1, 0.15) is 11.1 Å². The summed E-state index contributed by atoms with van der Waals surface area (Å²) in [6, 6.07) is 7.15. The van der Waals surface area contributed by atoms with E-state index in [1.54, 1.807) is 18.2 Å². The summed E-state index contributed by atoms with van der Waals surface area (Å²) in [6.45, 7) is 1.89. The molecule has 0 amide bonds. The van der Waals surface area contributed by atoms with Crippen LogP contribution in [0.3, 0.4) is 0 Å². The quantitative estimate of drug-likeness (QED) is 0.866. The molecule has 2 rings (SSSR count). The number of halogens is 1. The van der Waals surface area contributed by atoms with E-state index in [4.69, 9.17) is 5.26 Å². The molecule has 6 heteroatoms. The van der Waals surface area contributed by atoms with Crippen molar-refractivity contribution < 1.29 is 0 Å². The summed E-state index contributed by atoms with van der Waals surface area (Å²) in [4.78, 5) is 25.1. The lowest BCUT2D eigenvalue weighted by atomic mass is 10.2. The van der Waals surface area contributed by atoms with E-state index >= 15 is 0 Å². The molecule has 0 saturated carbocycles. The number of hydrogen-bond donors (Lipinski definition) is 1. The van der Waals surface area contributed by atoms with Gasteiger partial charge in [-0.1, -0.05) is 15.9 Å². The van der Waals surface area contributed by atoms with Crippen LogP contribution in [0.4, 0.5) is 0 Å². The Morgan fingerprint density at radius 1 is 1.33 bits per heavy atom. The molecule has 1 heterocycles. The predicted octanol–water partition coefficient (Wildman–Crippen LogP) is 1.47. The highest BCUT2D eigenvalue weighted by Crippen LogP contribution is 2.17. The minimum Gasteiger partial charge on any atom is -0.273 e. The molecule has 5 nitrogen and oxygen atoms in total. The average molecular weight is 306 g/mol. The molecule has 0 fully saturated rings. The normalized spacial score (nSPS) is 10.1. The Bertz CT molecular complexity index is 748. The van der Waals surface area contributed by atoms with Crippen LogP contribution in [0.2, 0.25) is 0 Å². The van der Waals surface area contributed by atoms with Crippen LogP contribution in [0, 0.1) is 18.3 Å². The van der Waals surface area contributed by atoms with Crippen LogP contribution in [-0.4, -0.2) is 9.55 Å². The van der Waals surface area contributed by atoms with Crippen LogP contribution in [0.15, 0.2) is 38.5 Å². The highest BCUT2D eigenvalue weighted by Gasteiger charge is 2.06. The number of nitrogens with one attached hydrogen (secondary N) is 1. The number of benzene rings is 1. The number of nitriles is 1. The third kappa shape index (κ3) is 2.26. The van der Waals surface area contributed by atoms with Crippen LogP contribution >= 0.6 is 15.9 Å². The number of aromatic amines is 1. The van der Waals surface area contributed by atoms with Crippen molar-refractivity contribution in [1.82, 2.24) is 9.55 Å². The molecule has 0 aliphatic carbocycles. The Labute approximate surface area is 110 Å². The lowest BCUT2D eigenvalue weighted by molar-refractivity contribution is 0.887. The van der Waals surface area contributed by atoms with Gasteiger partial charge in [-0.3, -0.25) is 14.3 Å². The zero-order valence-corrected chi connectivity index (χ0v) is 11.0. The second kappa shape index (κ2) is 4.63. The molecule has 90 valence electrons. The number of hydrogen-bond acceptors (Lipinski definition) is 3. The number of nitrogens with zero attached hydrogens (tertiary/aromatic N) is 2. The summed E-state index contributed by atoms with van der Waals surface area (Å²) in [5.74, 6) is 0. The summed E-state index contributed by atoms with van der Waals surface area (Å²) in [5.41, 5.74) is 0.185. The molecule has 0 atom stereocenters. The van der Waals surface area contributed by atoms with Crippen molar-refractivity contribution in [3.05, 3.63) is 60.8 Å². The van der Waals surface area contributed by atoms with Gasteiger partial charge in [0, 0.05) is 10.7 Å². The van der Waals surface area contributed by atoms with Gasteiger partial charge in [0.15, 0.2) is 0 Å². The van der Waals surface area contributed by atoms with Crippen molar-refractivity contribution in [2.45, 2.75) is 6.92 Å². The van der Waals surface area contributed by atoms with Gasteiger partial charge >= 0.3 is 5.69 Å². The Morgan fingerprint density at radius 3 is 2.67 bits per heavy atom. The first-order valence-electron chi connectivity index (χ1n) is 5.05. The first-order valence-corrected chi connectivity index (χ1v) is 5.84. The molecule has 2 aromatic rings. The molecule has 18 heavy (non-hydrogen) atoms. The zero-order chi connectivity index (χ0) is 13.3. The first-order chi connectivity index (χ1) is 8.51. The molecule has 1 N–H and O–H groups in total. The van der Waals surface area contributed by atoms with E-state index in [-0.39, 0.29) is 5.56 Å². The Kier molecular flexibility index (Phi) is 3.17. The molecule has 0 aliphatic heterocycles. The van der Waals surface area contributed by atoms with E-state index < -0.39 is 11.2 Å². The topological polar surface area (TPSA) is 78.7 Å². The first kappa shape index (κ1) is 12.3. The van der Waals surface area contributed by atoms with Crippen molar-refractivity contribution in [3.8, 4) is 11.8 Å². The molecular weight excluding hydrogens is 298 g/mol. The van der Waals surface area contributed by atoms with Crippen LogP contribution in [0.25, 0.3) is 5.69 Å². The smallest absolute Gasteiger partial charge is 0.273 e. The number of rotatable bonds is 1. The molecule has 0 spiro atoms. The van der Waals surface area contributed by atoms with Gasteiger partial charge in [0.25, 0.3) is 5.56 Å². The summed E-state index contributed by atoms with van der Waals surface area (Å²) >= 11 is 3.33. The van der Waals surface area contributed by atoms with Crippen molar-refractivity contribution in [3.63, 3.8) is 0 Å². The van der Waals surface area contributed by atoms with E-state index in [0.717, 1.165) is 10.0 Å². The molecule has 1 aromatic carbocycles. The van der Waals surface area contributed by atoms with Gasteiger partial charge in [-0.05, 0) is 30.7 Å². The summed E-state index contributed by atoms with van der Waals surface area (Å²) in [7, 11) is 0. The maximum atomic E-state index is 11.7. The predicted molar refractivity (Wildman–Crippen MR) is 69.8 cm³/mol. The molecule has 0 bridgehead atoms. The van der Waals surface area contributed by atoms with Crippen LogP contribution in [-0.2, 0) is 0 Å². The van der Waals surface area contributed by atoms with Gasteiger partial charge < -0.3 is 0 Å². The molecule has 0 aliphatic rings. The van der Waals surface area contributed by atoms with E-state index in [1.807, 2.05) is 13.0 Å². The number of H-pyrrole nitrogens is 1. The molecule has 1 aromatic heterocycles. The van der Waals surface area contributed by atoms with Gasteiger partial charge in [-0.2, -0.15) is 5.26 Å². The van der Waals surface area contributed by atoms with Gasteiger partial charge in [0.2, 0.25) is 0 Å². The molecule has 0 saturated heterocycles. The Balaban J connectivity index is 2.75. The molecule has 0 radical (unpaired) electrons. The Morgan fingerprint density at radius 2 is 2.06 bits per heavy atom. The van der Waals surface area contributed by atoms with Crippen molar-refractivity contribution >= 4 is 15.9 Å². The highest BCUT2D eigenvalue weighted by atomic mass is 79.9. The third-order valence-corrected chi connectivity index (χ3v) is 2.83. The summed E-state index contributed by atoms with van der Waals surface area (Å²) in [6.07, 6.45) is 1.24. The summed E-state index contributed by atoms with van der Waals surface area (Å²) < 4.78 is 2.05. The van der Waals surface area contributed by atoms with Gasteiger partial charge in [0.1, 0.15) is 11.6 Å². The molecular formula is C12H8BrN3O2. The number of aryl methyl sites for hydroxylation is 1. The highest BCUT2D eigenvalue weighted by molar-refractivity contribution is 9.10. The fourth-order valence-corrected chi connectivity index (χ4v) is 2.19. The lowest BCUT2D eigenvalue weighted by Crippen LogP contribution is -2.30. The lowest BCUT2D eigenvalue weighted by Gasteiger charge is -2.07. The zero-order valence-electron chi connectivity index (χ0n) is 9.40. The SMILES string of the molecule is Cc1cc(Br)cc(-n2cc(C#N)c(=O)[nH]c2=O)c1.